The van der Waals surface area contributed by atoms with E-state index in [4.69, 9.17) is 31.3 Å². The van der Waals surface area contributed by atoms with E-state index in [2.05, 4.69) is 0 Å². The second-order valence-corrected chi connectivity index (χ2v) is 12.1. The van der Waals surface area contributed by atoms with Crippen molar-refractivity contribution in [2.45, 2.75) is 79.3 Å². The fourth-order valence-corrected chi connectivity index (χ4v) is 8.45. The van der Waals surface area contributed by atoms with Crippen LogP contribution in [0.4, 0.5) is 0 Å². The molecule has 0 spiro atoms. The summed E-state index contributed by atoms with van der Waals surface area (Å²) in [6, 6.07) is 1.63. The molecular weight excluding hydrogens is 432 g/mol. The van der Waals surface area contributed by atoms with Crippen LogP contribution >= 0.6 is 0 Å². The van der Waals surface area contributed by atoms with E-state index < -0.39 is 17.6 Å². The molecular formula is C22H46O7Si2. The fourth-order valence-electron chi connectivity index (χ4n) is 3.17. The maximum atomic E-state index is 5.87. The zero-order valence-electron chi connectivity index (χ0n) is 20.7. The topological polar surface area (TPSA) is 64.6 Å². The average molecular weight is 479 g/mol. The van der Waals surface area contributed by atoms with Gasteiger partial charge in [-0.25, -0.2) is 0 Å². The second-order valence-electron chi connectivity index (χ2n) is 6.63. The highest BCUT2D eigenvalue weighted by atomic mass is 28.4. The Morgan fingerprint density at radius 3 is 1.03 bits per heavy atom. The molecule has 0 amide bonds. The lowest BCUT2D eigenvalue weighted by Gasteiger charge is -2.28. The smallest absolute Gasteiger partial charge is 0.473 e. The summed E-state index contributed by atoms with van der Waals surface area (Å²) in [5.41, 5.74) is 0. The molecule has 0 aliphatic heterocycles. The van der Waals surface area contributed by atoms with Gasteiger partial charge >= 0.3 is 17.6 Å². The van der Waals surface area contributed by atoms with Crippen LogP contribution in [0.2, 0.25) is 12.1 Å². The number of hydrogen-bond acceptors (Lipinski definition) is 7. The maximum absolute atomic E-state index is 5.87. The second kappa shape index (κ2) is 20.1. The van der Waals surface area contributed by atoms with Crippen LogP contribution in [0.15, 0.2) is 24.7 Å². The molecule has 0 N–H and O–H groups in total. The van der Waals surface area contributed by atoms with Crippen molar-refractivity contribution in [3.8, 4) is 0 Å². The molecule has 9 heteroatoms. The predicted molar refractivity (Wildman–Crippen MR) is 129 cm³/mol. The minimum absolute atomic E-state index is 0.610. The first-order valence-corrected chi connectivity index (χ1v) is 15.7. The van der Waals surface area contributed by atoms with E-state index in [1.54, 1.807) is 12.5 Å². The van der Waals surface area contributed by atoms with E-state index >= 15 is 0 Å². The summed E-state index contributed by atoms with van der Waals surface area (Å²) in [5, 5.41) is 0. The zero-order valence-corrected chi connectivity index (χ0v) is 22.7. The molecule has 0 bridgehead atoms. The van der Waals surface area contributed by atoms with Crippen LogP contribution in [0.25, 0.3) is 0 Å². The van der Waals surface area contributed by atoms with Crippen molar-refractivity contribution >= 4 is 17.6 Å². The Hall–Kier alpha value is -0.526. The zero-order chi connectivity index (χ0) is 23.3. The van der Waals surface area contributed by atoms with Crippen molar-refractivity contribution in [3.63, 3.8) is 0 Å². The van der Waals surface area contributed by atoms with E-state index in [9.17, 15) is 0 Å². The molecule has 0 atom stereocenters. The molecule has 7 nitrogen and oxygen atoms in total. The number of allylic oxidation sites excluding steroid dienone is 2. The van der Waals surface area contributed by atoms with Crippen molar-refractivity contribution in [2.75, 3.05) is 39.6 Å². The normalized spacial score (nSPS) is 13.0. The predicted octanol–water partition coefficient (Wildman–Crippen LogP) is 5.69. The van der Waals surface area contributed by atoms with Gasteiger partial charge in [-0.1, -0.05) is 0 Å². The van der Waals surface area contributed by atoms with Crippen LogP contribution in [0, 0.1) is 0 Å². The van der Waals surface area contributed by atoms with Gasteiger partial charge in [-0.15, -0.1) is 0 Å². The first-order valence-electron chi connectivity index (χ1n) is 11.9. The lowest BCUT2D eigenvalue weighted by atomic mass is 10.3. The number of hydrogen-bond donors (Lipinski definition) is 0. The van der Waals surface area contributed by atoms with E-state index in [1.165, 1.54) is 0 Å². The van der Waals surface area contributed by atoms with Crippen molar-refractivity contribution in [3.05, 3.63) is 24.7 Å². The average Bonchev–Trinajstić information content (AvgIpc) is 2.73. The highest BCUT2D eigenvalue weighted by Gasteiger charge is 2.40. The van der Waals surface area contributed by atoms with Crippen molar-refractivity contribution in [1.82, 2.24) is 0 Å². The molecule has 0 fully saturated rings. The number of unbranched alkanes of at least 4 members (excludes halogenated alkanes) is 2. The Kier molecular flexibility index (Phi) is 19.8. The first kappa shape index (κ1) is 30.5. The minimum atomic E-state index is -2.54. The summed E-state index contributed by atoms with van der Waals surface area (Å²) in [5.74, 6) is 0. The summed E-state index contributed by atoms with van der Waals surface area (Å²) in [6.45, 7) is 15.5. The number of rotatable bonds is 22. The standard InChI is InChI=1S/C22H46O7Si2/c1-7-24-30(25-8-2,26-9-3)21-17-13-15-19-23-20-16-14-18-22-31(27-10-4,28-11-5)29-12-6/h15-16,19-20H,7-14,17-18,21-22H2,1-6H3. The van der Waals surface area contributed by atoms with Gasteiger partial charge in [0.25, 0.3) is 0 Å². The molecule has 0 rings (SSSR count). The van der Waals surface area contributed by atoms with Crippen LogP contribution in [-0.4, -0.2) is 57.3 Å². The lowest BCUT2D eigenvalue weighted by molar-refractivity contribution is 0.0701. The Bertz CT molecular complexity index is 387. The third-order valence-electron chi connectivity index (χ3n) is 4.24. The van der Waals surface area contributed by atoms with Crippen LogP contribution < -0.4 is 0 Å². The molecule has 0 saturated heterocycles. The third kappa shape index (κ3) is 14.3. The van der Waals surface area contributed by atoms with Gasteiger partial charge in [0.05, 0.1) is 12.5 Å². The fraction of sp³-hybridized carbons (Fsp3) is 0.818. The quantitative estimate of drug-likeness (QED) is 0.112. The van der Waals surface area contributed by atoms with Crippen LogP contribution in [0.1, 0.15) is 67.2 Å². The van der Waals surface area contributed by atoms with Crippen molar-refractivity contribution in [2.24, 2.45) is 0 Å². The van der Waals surface area contributed by atoms with Gasteiger partial charge in [0.1, 0.15) is 0 Å². The van der Waals surface area contributed by atoms with E-state index in [-0.39, 0.29) is 0 Å². The van der Waals surface area contributed by atoms with Crippen LogP contribution in [-0.2, 0) is 31.3 Å². The summed E-state index contributed by atoms with van der Waals surface area (Å²) >= 11 is 0. The summed E-state index contributed by atoms with van der Waals surface area (Å²) in [4.78, 5) is 0. The molecule has 0 aliphatic rings. The van der Waals surface area contributed by atoms with Gasteiger partial charge in [0.15, 0.2) is 0 Å². The van der Waals surface area contributed by atoms with E-state index in [1.807, 2.05) is 53.7 Å². The number of ether oxygens (including phenoxy) is 1. The molecule has 0 aliphatic carbocycles. The van der Waals surface area contributed by atoms with Gasteiger partial charge in [0, 0.05) is 51.7 Å². The Balaban J connectivity index is 4.19. The summed E-state index contributed by atoms with van der Waals surface area (Å²) in [7, 11) is -5.07. The van der Waals surface area contributed by atoms with E-state index in [0.717, 1.165) is 37.8 Å². The van der Waals surface area contributed by atoms with Crippen molar-refractivity contribution in [1.29, 1.82) is 0 Å². The van der Waals surface area contributed by atoms with Gasteiger partial charge in [-0.05, 0) is 79.4 Å². The lowest BCUT2D eigenvalue weighted by Crippen LogP contribution is -2.45. The molecule has 0 unspecified atom stereocenters. The highest BCUT2D eigenvalue weighted by molar-refractivity contribution is 6.61. The van der Waals surface area contributed by atoms with Crippen molar-refractivity contribution < 1.29 is 31.3 Å². The largest absolute Gasteiger partial charge is 0.500 e. The molecule has 0 radical (unpaired) electrons. The van der Waals surface area contributed by atoms with Crippen LogP contribution in [0.3, 0.4) is 0 Å². The summed E-state index contributed by atoms with van der Waals surface area (Å²) < 4.78 is 40.7. The monoisotopic (exact) mass is 478 g/mol. The Labute approximate surface area is 192 Å². The first-order chi connectivity index (χ1) is 15.1. The molecule has 31 heavy (non-hydrogen) atoms. The van der Waals surface area contributed by atoms with Gasteiger partial charge < -0.3 is 31.3 Å². The molecule has 0 aromatic carbocycles. The SMILES string of the molecule is CCO[Si](CCCC=COC=CCCC[Si](OCC)(OCC)OCC)(OCC)OCC. The molecule has 0 aromatic heterocycles. The van der Waals surface area contributed by atoms with Gasteiger partial charge in [0.2, 0.25) is 0 Å². The molecule has 0 heterocycles. The Morgan fingerprint density at radius 1 is 0.484 bits per heavy atom. The third-order valence-corrected chi connectivity index (χ3v) is 10.5. The maximum Gasteiger partial charge on any atom is 0.500 e. The Morgan fingerprint density at radius 2 is 0.774 bits per heavy atom. The molecule has 0 saturated carbocycles. The van der Waals surface area contributed by atoms with E-state index in [0.29, 0.717) is 39.6 Å². The van der Waals surface area contributed by atoms with Crippen LogP contribution in [0.5, 0.6) is 0 Å². The minimum Gasteiger partial charge on any atom is -0.473 e. The van der Waals surface area contributed by atoms with Gasteiger partial charge in [-0.3, -0.25) is 0 Å². The van der Waals surface area contributed by atoms with Gasteiger partial charge in [-0.2, -0.15) is 0 Å². The molecule has 0 aromatic rings. The highest BCUT2D eigenvalue weighted by Crippen LogP contribution is 2.20. The molecule has 184 valence electrons. The summed E-state index contributed by atoms with van der Waals surface area (Å²) in [6.07, 6.45) is 11.1.